The van der Waals surface area contributed by atoms with Crippen LogP contribution in [0.15, 0.2) is 0 Å². The third kappa shape index (κ3) is 3.48. The highest BCUT2D eigenvalue weighted by Crippen LogP contribution is 2.45. The molecule has 0 radical (unpaired) electrons. The Kier molecular flexibility index (Phi) is 4.58. The summed E-state index contributed by atoms with van der Waals surface area (Å²) in [5.74, 6) is -0.460. The van der Waals surface area contributed by atoms with Gasteiger partial charge in [-0.2, -0.15) is 5.10 Å². The first-order valence-electron chi connectivity index (χ1n) is 7.78. The van der Waals surface area contributed by atoms with Crippen LogP contribution in [0.4, 0.5) is 0 Å². The number of carboxylic acid groups (broad SMARTS) is 1. The molecule has 1 aromatic heterocycles. The van der Waals surface area contributed by atoms with Crippen LogP contribution in [0.2, 0.25) is 0 Å². The molecule has 1 aliphatic rings. The van der Waals surface area contributed by atoms with Crippen LogP contribution in [0.1, 0.15) is 43.6 Å². The molecule has 6 heteroatoms. The molecule has 0 aliphatic heterocycles. The number of hydrogen-bond donors (Lipinski definition) is 2. The first-order chi connectivity index (χ1) is 10.2. The van der Waals surface area contributed by atoms with Crippen molar-refractivity contribution < 1.29 is 14.7 Å². The second kappa shape index (κ2) is 6.10. The summed E-state index contributed by atoms with van der Waals surface area (Å²) in [4.78, 5) is 23.2. The maximum atomic E-state index is 12.1. The zero-order chi connectivity index (χ0) is 16.5. The maximum absolute atomic E-state index is 12.1. The van der Waals surface area contributed by atoms with Crippen molar-refractivity contribution in [1.82, 2.24) is 15.1 Å². The number of carbonyl (C=O) groups is 2. The van der Waals surface area contributed by atoms with Gasteiger partial charge in [-0.3, -0.25) is 14.3 Å². The van der Waals surface area contributed by atoms with Gasteiger partial charge in [-0.05, 0) is 32.6 Å². The highest BCUT2D eigenvalue weighted by atomic mass is 16.4. The molecule has 1 saturated carbocycles. The van der Waals surface area contributed by atoms with Crippen LogP contribution < -0.4 is 5.32 Å². The standard InChI is InChI=1S/C16H25N3O3/c1-10(2)8-19-12(4)13(11(3)18-19)7-14(20)17-9-16(5-6-16)15(21)22/h10H,5-9H2,1-4H3,(H,17,20)(H,21,22). The number of aromatic nitrogens is 2. The van der Waals surface area contributed by atoms with E-state index in [0.717, 1.165) is 23.5 Å². The Morgan fingerprint density at radius 3 is 2.50 bits per heavy atom. The van der Waals surface area contributed by atoms with Gasteiger partial charge in [0, 0.05) is 24.3 Å². The zero-order valence-corrected chi connectivity index (χ0v) is 13.8. The fourth-order valence-corrected chi connectivity index (χ4v) is 2.62. The molecule has 6 nitrogen and oxygen atoms in total. The van der Waals surface area contributed by atoms with E-state index in [1.807, 2.05) is 18.5 Å². The molecular formula is C16H25N3O3. The molecule has 0 saturated heterocycles. The van der Waals surface area contributed by atoms with Crippen LogP contribution in [-0.4, -0.2) is 33.3 Å². The van der Waals surface area contributed by atoms with Crippen LogP contribution in [0.3, 0.4) is 0 Å². The SMILES string of the molecule is Cc1nn(CC(C)C)c(C)c1CC(=O)NCC1(C(=O)O)CC1. The third-order valence-electron chi connectivity index (χ3n) is 4.34. The summed E-state index contributed by atoms with van der Waals surface area (Å²) in [5, 5.41) is 16.4. The van der Waals surface area contributed by atoms with E-state index in [1.54, 1.807) is 0 Å². The first kappa shape index (κ1) is 16.5. The molecule has 0 bridgehead atoms. The Morgan fingerprint density at radius 1 is 1.36 bits per heavy atom. The second-order valence-corrected chi connectivity index (χ2v) is 6.76. The van der Waals surface area contributed by atoms with Crippen molar-refractivity contribution in [1.29, 1.82) is 0 Å². The lowest BCUT2D eigenvalue weighted by atomic mass is 10.1. The number of amides is 1. The molecule has 2 N–H and O–H groups in total. The van der Waals surface area contributed by atoms with E-state index in [1.165, 1.54) is 0 Å². The van der Waals surface area contributed by atoms with Crippen LogP contribution in [0.5, 0.6) is 0 Å². The van der Waals surface area contributed by atoms with E-state index in [4.69, 9.17) is 5.11 Å². The van der Waals surface area contributed by atoms with Crippen molar-refractivity contribution in [2.45, 2.75) is 53.5 Å². The van der Waals surface area contributed by atoms with Gasteiger partial charge in [0.1, 0.15) is 0 Å². The summed E-state index contributed by atoms with van der Waals surface area (Å²) in [6.45, 7) is 9.19. The maximum Gasteiger partial charge on any atom is 0.311 e. The summed E-state index contributed by atoms with van der Waals surface area (Å²) >= 11 is 0. The van der Waals surface area contributed by atoms with Gasteiger partial charge >= 0.3 is 5.97 Å². The molecule has 1 heterocycles. The lowest BCUT2D eigenvalue weighted by Gasteiger charge is -2.11. The average molecular weight is 307 g/mol. The third-order valence-corrected chi connectivity index (χ3v) is 4.34. The van der Waals surface area contributed by atoms with Gasteiger partial charge in [-0.25, -0.2) is 0 Å². The molecule has 122 valence electrons. The first-order valence-corrected chi connectivity index (χ1v) is 7.78. The van der Waals surface area contributed by atoms with Gasteiger partial charge < -0.3 is 10.4 Å². The Balaban J connectivity index is 1.97. The Bertz CT molecular complexity index is 586. The fourth-order valence-electron chi connectivity index (χ4n) is 2.62. The molecule has 22 heavy (non-hydrogen) atoms. The molecule has 2 rings (SSSR count). The minimum absolute atomic E-state index is 0.136. The van der Waals surface area contributed by atoms with E-state index < -0.39 is 11.4 Å². The summed E-state index contributed by atoms with van der Waals surface area (Å²) in [6, 6.07) is 0. The molecule has 0 atom stereocenters. The summed E-state index contributed by atoms with van der Waals surface area (Å²) in [6.07, 6.45) is 1.55. The number of nitrogens with one attached hydrogen (secondary N) is 1. The largest absolute Gasteiger partial charge is 0.481 e. The fraction of sp³-hybridized carbons (Fsp3) is 0.688. The summed E-state index contributed by atoms with van der Waals surface area (Å²) < 4.78 is 1.95. The van der Waals surface area contributed by atoms with Gasteiger partial charge in [0.15, 0.2) is 0 Å². The monoisotopic (exact) mass is 307 g/mol. The van der Waals surface area contributed by atoms with Crippen molar-refractivity contribution in [3.05, 3.63) is 17.0 Å². The highest BCUT2D eigenvalue weighted by Gasteiger charge is 2.50. The van der Waals surface area contributed by atoms with E-state index in [0.29, 0.717) is 18.8 Å². The van der Waals surface area contributed by atoms with Crippen molar-refractivity contribution in [2.75, 3.05) is 6.54 Å². The van der Waals surface area contributed by atoms with E-state index in [2.05, 4.69) is 24.3 Å². The van der Waals surface area contributed by atoms with Crippen molar-refractivity contribution in [3.8, 4) is 0 Å². The second-order valence-electron chi connectivity index (χ2n) is 6.76. The van der Waals surface area contributed by atoms with Gasteiger partial charge in [0.05, 0.1) is 17.5 Å². The summed E-state index contributed by atoms with van der Waals surface area (Å²) in [5.41, 5.74) is 2.10. The quantitative estimate of drug-likeness (QED) is 0.802. The number of rotatable bonds is 7. The Labute approximate surface area is 130 Å². The van der Waals surface area contributed by atoms with E-state index in [-0.39, 0.29) is 18.9 Å². The Morgan fingerprint density at radius 2 is 2.00 bits per heavy atom. The van der Waals surface area contributed by atoms with Crippen molar-refractivity contribution in [3.63, 3.8) is 0 Å². The number of carbonyl (C=O) groups excluding carboxylic acids is 1. The topological polar surface area (TPSA) is 84.2 Å². The number of aryl methyl sites for hydroxylation is 1. The molecule has 1 aliphatic carbocycles. The number of carboxylic acids is 1. The van der Waals surface area contributed by atoms with E-state index in [9.17, 15) is 9.59 Å². The van der Waals surface area contributed by atoms with Crippen LogP contribution in [0, 0.1) is 25.2 Å². The van der Waals surface area contributed by atoms with Gasteiger partial charge in [-0.1, -0.05) is 13.8 Å². The lowest BCUT2D eigenvalue weighted by Crippen LogP contribution is -2.35. The number of nitrogens with zero attached hydrogens (tertiary/aromatic N) is 2. The molecule has 0 unspecified atom stereocenters. The predicted octanol–water partition coefficient (Wildman–Crippen LogP) is 1.68. The minimum Gasteiger partial charge on any atom is -0.481 e. The van der Waals surface area contributed by atoms with Crippen LogP contribution in [0.25, 0.3) is 0 Å². The number of aliphatic carboxylic acids is 1. The zero-order valence-electron chi connectivity index (χ0n) is 13.8. The van der Waals surface area contributed by atoms with Crippen LogP contribution >= 0.6 is 0 Å². The number of hydrogen-bond acceptors (Lipinski definition) is 3. The smallest absolute Gasteiger partial charge is 0.311 e. The normalized spacial score (nSPS) is 15.9. The molecule has 0 spiro atoms. The minimum atomic E-state index is -0.815. The molecule has 1 fully saturated rings. The molecule has 1 amide bonds. The molecular weight excluding hydrogens is 282 g/mol. The van der Waals surface area contributed by atoms with Gasteiger partial charge in [0.25, 0.3) is 0 Å². The highest BCUT2D eigenvalue weighted by molar-refractivity contribution is 5.82. The van der Waals surface area contributed by atoms with E-state index >= 15 is 0 Å². The van der Waals surface area contributed by atoms with Gasteiger partial charge in [-0.15, -0.1) is 0 Å². The molecule has 0 aromatic carbocycles. The predicted molar refractivity (Wildman–Crippen MR) is 82.6 cm³/mol. The summed E-state index contributed by atoms with van der Waals surface area (Å²) in [7, 11) is 0. The lowest BCUT2D eigenvalue weighted by molar-refractivity contribution is -0.143. The van der Waals surface area contributed by atoms with Crippen molar-refractivity contribution in [2.24, 2.45) is 11.3 Å². The molecule has 1 aromatic rings. The Hall–Kier alpha value is -1.85. The van der Waals surface area contributed by atoms with Crippen LogP contribution in [-0.2, 0) is 22.6 Å². The van der Waals surface area contributed by atoms with Crippen molar-refractivity contribution >= 4 is 11.9 Å². The van der Waals surface area contributed by atoms with Gasteiger partial charge in [0.2, 0.25) is 5.91 Å². The average Bonchev–Trinajstić information content (AvgIpc) is 3.17.